The Labute approximate surface area is 117 Å². The first-order valence-electron chi connectivity index (χ1n) is 4.98. The quantitative estimate of drug-likeness (QED) is 0.669. The number of pyridine rings is 1. The number of hydrogen-bond donors (Lipinski definition) is 2. The van der Waals surface area contributed by atoms with E-state index in [1.807, 2.05) is 0 Å². The van der Waals surface area contributed by atoms with E-state index in [-0.39, 0.29) is 5.84 Å². The number of benzene rings is 1. The fourth-order valence-electron chi connectivity index (χ4n) is 1.38. The molecule has 0 aliphatic carbocycles. The molecule has 0 amide bonds. The first kappa shape index (κ1) is 12.9. The van der Waals surface area contributed by atoms with Gasteiger partial charge in [-0.3, -0.25) is 10.4 Å². The third kappa shape index (κ3) is 3.00. The molecule has 18 heavy (non-hydrogen) atoms. The van der Waals surface area contributed by atoms with Crippen LogP contribution in [0, 0.1) is 5.41 Å². The second kappa shape index (κ2) is 5.37. The van der Waals surface area contributed by atoms with Crippen molar-refractivity contribution in [2.45, 2.75) is 0 Å². The summed E-state index contributed by atoms with van der Waals surface area (Å²) >= 11 is 9.17. The van der Waals surface area contributed by atoms with Gasteiger partial charge in [0, 0.05) is 16.7 Å². The highest BCUT2D eigenvalue weighted by Gasteiger charge is 2.09. The second-order valence-corrected chi connectivity index (χ2v) is 4.85. The Hall–Kier alpha value is -1.59. The first-order chi connectivity index (χ1) is 8.56. The molecule has 92 valence electrons. The van der Waals surface area contributed by atoms with E-state index in [0.29, 0.717) is 22.1 Å². The minimum absolute atomic E-state index is 0.0625. The summed E-state index contributed by atoms with van der Waals surface area (Å²) in [5, 5.41) is 7.97. The third-order valence-electron chi connectivity index (χ3n) is 2.14. The zero-order chi connectivity index (χ0) is 13.1. The van der Waals surface area contributed by atoms with Gasteiger partial charge in [0.2, 0.25) is 0 Å². The predicted octanol–water partition coefficient (Wildman–Crippen LogP) is 3.57. The van der Waals surface area contributed by atoms with Crippen molar-refractivity contribution in [1.29, 1.82) is 5.41 Å². The fourth-order valence-corrected chi connectivity index (χ4v) is 1.88. The van der Waals surface area contributed by atoms with Crippen molar-refractivity contribution in [2.75, 3.05) is 0 Å². The summed E-state index contributed by atoms with van der Waals surface area (Å²) in [6, 6.07) is 6.87. The third-order valence-corrected chi connectivity index (χ3v) is 2.84. The number of hydrogen-bond acceptors (Lipinski definition) is 3. The number of nitrogen functional groups attached to an aromatic ring is 1. The van der Waals surface area contributed by atoms with Crippen LogP contribution in [0.4, 0.5) is 0 Å². The Bertz CT molecular complexity index is 604. The van der Waals surface area contributed by atoms with Crippen LogP contribution < -0.4 is 10.5 Å². The van der Waals surface area contributed by atoms with E-state index in [1.54, 1.807) is 24.3 Å². The lowest BCUT2D eigenvalue weighted by Gasteiger charge is -2.10. The van der Waals surface area contributed by atoms with Crippen LogP contribution in [0.2, 0.25) is 5.02 Å². The van der Waals surface area contributed by atoms with E-state index < -0.39 is 0 Å². The highest BCUT2D eigenvalue weighted by molar-refractivity contribution is 9.10. The molecule has 0 saturated carbocycles. The lowest BCUT2D eigenvalue weighted by molar-refractivity contribution is 0.479. The van der Waals surface area contributed by atoms with Crippen LogP contribution in [0.25, 0.3) is 0 Å². The van der Waals surface area contributed by atoms with Gasteiger partial charge in [0.15, 0.2) is 0 Å². The summed E-state index contributed by atoms with van der Waals surface area (Å²) < 4.78 is 6.47. The lowest BCUT2D eigenvalue weighted by Crippen LogP contribution is -2.12. The van der Waals surface area contributed by atoms with E-state index >= 15 is 0 Å². The van der Waals surface area contributed by atoms with Crippen molar-refractivity contribution in [3.05, 3.63) is 51.7 Å². The standard InChI is InChI=1S/C12H9BrClN3O/c13-7-1-2-10(12(15)16)11(3-7)18-9-4-8(14)5-17-6-9/h1-6H,(H3,15,16). The number of ether oxygens (including phenoxy) is 1. The van der Waals surface area contributed by atoms with E-state index in [0.717, 1.165) is 4.47 Å². The molecule has 2 aromatic rings. The molecule has 3 N–H and O–H groups in total. The van der Waals surface area contributed by atoms with Crippen molar-refractivity contribution in [2.24, 2.45) is 5.73 Å². The molecule has 0 radical (unpaired) electrons. The largest absolute Gasteiger partial charge is 0.455 e. The molecule has 0 fully saturated rings. The molecule has 0 aliphatic rings. The number of nitrogens with one attached hydrogen (secondary N) is 1. The number of aromatic nitrogens is 1. The van der Waals surface area contributed by atoms with Crippen molar-refractivity contribution in [3.63, 3.8) is 0 Å². The molecule has 0 atom stereocenters. The van der Waals surface area contributed by atoms with Crippen LogP contribution in [-0.2, 0) is 0 Å². The summed E-state index contributed by atoms with van der Waals surface area (Å²) in [7, 11) is 0. The first-order valence-corrected chi connectivity index (χ1v) is 6.15. The summed E-state index contributed by atoms with van der Waals surface area (Å²) in [5.74, 6) is 0.900. The van der Waals surface area contributed by atoms with Gasteiger partial charge in [0.05, 0.1) is 16.8 Å². The molecule has 2 rings (SSSR count). The van der Waals surface area contributed by atoms with Gasteiger partial charge in [0.25, 0.3) is 0 Å². The van der Waals surface area contributed by atoms with E-state index in [2.05, 4.69) is 20.9 Å². The van der Waals surface area contributed by atoms with E-state index in [1.165, 1.54) is 12.4 Å². The van der Waals surface area contributed by atoms with Gasteiger partial charge in [-0.05, 0) is 18.2 Å². The van der Waals surface area contributed by atoms with Gasteiger partial charge in [-0.25, -0.2) is 0 Å². The molecule has 6 heteroatoms. The highest BCUT2D eigenvalue weighted by Crippen LogP contribution is 2.29. The molecule has 1 heterocycles. The number of nitrogens with zero attached hydrogens (tertiary/aromatic N) is 1. The van der Waals surface area contributed by atoms with E-state index in [4.69, 9.17) is 27.5 Å². The van der Waals surface area contributed by atoms with Gasteiger partial charge in [0.1, 0.15) is 17.3 Å². The number of rotatable bonds is 3. The maximum absolute atomic E-state index is 7.50. The van der Waals surface area contributed by atoms with Crippen molar-refractivity contribution >= 4 is 33.4 Å². The molecular weight excluding hydrogens is 318 g/mol. The minimum Gasteiger partial charge on any atom is -0.455 e. The summed E-state index contributed by atoms with van der Waals surface area (Å²) in [6.45, 7) is 0. The molecule has 0 spiro atoms. The topological polar surface area (TPSA) is 72.0 Å². The normalized spacial score (nSPS) is 10.1. The van der Waals surface area contributed by atoms with Crippen LogP contribution in [0.5, 0.6) is 11.5 Å². The van der Waals surface area contributed by atoms with Gasteiger partial charge < -0.3 is 10.5 Å². The lowest BCUT2D eigenvalue weighted by atomic mass is 10.2. The highest BCUT2D eigenvalue weighted by atomic mass is 79.9. The number of amidine groups is 1. The van der Waals surface area contributed by atoms with Crippen LogP contribution in [0.1, 0.15) is 5.56 Å². The second-order valence-electron chi connectivity index (χ2n) is 3.50. The minimum atomic E-state index is -0.0625. The van der Waals surface area contributed by atoms with Gasteiger partial charge in [-0.2, -0.15) is 0 Å². The molecule has 4 nitrogen and oxygen atoms in total. The Kier molecular flexibility index (Phi) is 3.84. The zero-order valence-electron chi connectivity index (χ0n) is 9.15. The van der Waals surface area contributed by atoms with Crippen LogP contribution in [0.3, 0.4) is 0 Å². The van der Waals surface area contributed by atoms with Crippen LogP contribution in [-0.4, -0.2) is 10.8 Å². The summed E-state index contributed by atoms with van der Waals surface area (Å²) in [4.78, 5) is 3.92. The molecule has 1 aromatic heterocycles. The molecule has 0 bridgehead atoms. The van der Waals surface area contributed by atoms with E-state index in [9.17, 15) is 0 Å². The Morgan fingerprint density at radius 2 is 2.11 bits per heavy atom. The average Bonchev–Trinajstić information content (AvgIpc) is 2.28. The maximum atomic E-state index is 7.50. The van der Waals surface area contributed by atoms with Gasteiger partial charge in [-0.1, -0.05) is 27.5 Å². The Morgan fingerprint density at radius 1 is 1.33 bits per heavy atom. The van der Waals surface area contributed by atoms with Gasteiger partial charge in [-0.15, -0.1) is 0 Å². The smallest absolute Gasteiger partial charge is 0.147 e. The Balaban J connectivity index is 2.39. The molecule has 1 aromatic carbocycles. The van der Waals surface area contributed by atoms with Crippen molar-refractivity contribution < 1.29 is 4.74 Å². The van der Waals surface area contributed by atoms with Gasteiger partial charge >= 0.3 is 0 Å². The van der Waals surface area contributed by atoms with Crippen molar-refractivity contribution in [1.82, 2.24) is 4.98 Å². The SMILES string of the molecule is N=C(N)c1ccc(Br)cc1Oc1cncc(Cl)c1. The maximum Gasteiger partial charge on any atom is 0.147 e. The Morgan fingerprint density at radius 3 is 2.78 bits per heavy atom. The summed E-state index contributed by atoms with van der Waals surface area (Å²) in [6.07, 6.45) is 3.05. The van der Waals surface area contributed by atoms with Crippen LogP contribution in [0.15, 0.2) is 41.1 Å². The number of nitrogens with two attached hydrogens (primary N) is 1. The van der Waals surface area contributed by atoms with Crippen molar-refractivity contribution in [3.8, 4) is 11.5 Å². The molecular formula is C12H9BrClN3O. The molecule has 0 aliphatic heterocycles. The zero-order valence-corrected chi connectivity index (χ0v) is 11.5. The average molecular weight is 327 g/mol. The number of halogens is 2. The molecule has 0 unspecified atom stereocenters. The fraction of sp³-hybridized carbons (Fsp3) is 0. The predicted molar refractivity (Wildman–Crippen MR) is 74.5 cm³/mol. The molecule has 0 saturated heterocycles. The summed E-state index contributed by atoms with van der Waals surface area (Å²) in [5.41, 5.74) is 6.01. The monoisotopic (exact) mass is 325 g/mol. The van der Waals surface area contributed by atoms with Crippen LogP contribution >= 0.6 is 27.5 Å².